The summed E-state index contributed by atoms with van der Waals surface area (Å²) in [5, 5.41) is 0.828. The van der Waals surface area contributed by atoms with E-state index in [4.69, 9.17) is 0 Å². The van der Waals surface area contributed by atoms with Gasteiger partial charge >= 0.3 is 0 Å². The zero-order chi connectivity index (χ0) is 16.1. The fourth-order valence-electron chi connectivity index (χ4n) is 2.24. The van der Waals surface area contributed by atoms with Crippen LogP contribution in [-0.2, 0) is 13.0 Å². The van der Waals surface area contributed by atoms with Crippen LogP contribution < -0.4 is 0 Å². The number of nitrogens with zero attached hydrogens (tertiary/aromatic N) is 5. The minimum atomic E-state index is 0.828. The number of thioether (sulfide) groups is 1. The standard InChI is InChI=1S/C16H19N5S2/c1-3-8-22-16-18-9-13(10-19-16)15-17-5-7-21(15)6-4-14-12(2)20-11-23-14/h5,7,9-11H,3-4,6,8H2,1-2H3. The van der Waals surface area contributed by atoms with Crippen molar-refractivity contribution in [3.8, 4) is 11.4 Å². The Kier molecular flexibility index (Phi) is 5.40. The largest absolute Gasteiger partial charge is 0.331 e. The highest BCUT2D eigenvalue weighted by Crippen LogP contribution is 2.20. The van der Waals surface area contributed by atoms with E-state index in [1.807, 2.05) is 30.3 Å². The molecule has 0 aliphatic heterocycles. The predicted molar refractivity (Wildman–Crippen MR) is 94.8 cm³/mol. The molecular formula is C16H19N5S2. The highest BCUT2D eigenvalue weighted by atomic mass is 32.2. The van der Waals surface area contributed by atoms with Crippen molar-refractivity contribution in [2.75, 3.05) is 5.75 Å². The van der Waals surface area contributed by atoms with Gasteiger partial charge in [0.15, 0.2) is 5.16 Å². The zero-order valence-corrected chi connectivity index (χ0v) is 14.9. The molecule has 0 saturated carbocycles. The number of imidazole rings is 1. The molecule has 0 saturated heterocycles. The van der Waals surface area contributed by atoms with Crippen LogP contribution in [0.2, 0.25) is 0 Å². The van der Waals surface area contributed by atoms with Gasteiger partial charge < -0.3 is 4.57 Å². The number of thiazole rings is 1. The molecule has 3 heterocycles. The Balaban J connectivity index is 1.71. The quantitative estimate of drug-likeness (QED) is 0.481. The Bertz CT molecular complexity index is 748. The van der Waals surface area contributed by atoms with E-state index < -0.39 is 0 Å². The summed E-state index contributed by atoms with van der Waals surface area (Å²) in [4.78, 5) is 18.9. The van der Waals surface area contributed by atoms with Crippen molar-refractivity contribution in [1.82, 2.24) is 24.5 Å². The second kappa shape index (κ2) is 7.70. The number of aromatic nitrogens is 5. The summed E-state index contributed by atoms with van der Waals surface area (Å²) in [5.41, 5.74) is 3.98. The van der Waals surface area contributed by atoms with E-state index in [9.17, 15) is 0 Å². The highest BCUT2D eigenvalue weighted by Gasteiger charge is 2.09. The van der Waals surface area contributed by atoms with E-state index in [0.717, 1.165) is 47.4 Å². The minimum Gasteiger partial charge on any atom is -0.331 e. The summed E-state index contributed by atoms with van der Waals surface area (Å²) in [6, 6.07) is 0. The lowest BCUT2D eigenvalue weighted by atomic mass is 10.3. The summed E-state index contributed by atoms with van der Waals surface area (Å²) >= 11 is 3.40. The van der Waals surface area contributed by atoms with Crippen LogP contribution >= 0.6 is 23.1 Å². The van der Waals surface area contributed by atoms with E-state index in [2.05, 4.69) is 38.4 Å². The van der Waals surface area contributed by atoms with Gasteiger partial charge in [0, 0.05) is 48.4 Å². The van der Waals surface area contributed by atoms with Crippen LogP contribution in [0.1, 0.15) is 23.9 Å². The van der Waals surface area contributed by atoms with E-state index >= 15 is 0 Å². The summed E-state index contributed by atoms with van der Waals surface area (Å²) < 4.78 is 2.15. The first-order chi connectivity index (χ1) is 11.3. The molecule has 0 aliphatic rings. The van der Waals surface area contributed by atoms with Crippen molar-refractivity contribution in [2.45, 2.75) is 38.4 Å². The Morgan fingerprint density at radius 3 is 2.70 bits per heavy atom. The van der Waals surface area contributed by atoms with Crippen molar-refractivity contribution in [2.24, 2.45) is 0 Å². The molecule has 0 atom stereocenters. The maximum absolute atomic E-state index is 4.46. The van der Waals surface area contributed by atoms with Gasteiger partial charge in [-0.05, 0) is 13.3 Å². The van der Waals surface area contributed by atoms with E-state index in [1.165, 1.54) is 4.88 Å². The van der Waals surface area contributed by atoms with Gasteiger partial charge in [-0.15, -0.1) is 11.3 Å². The van der Waals surface area contributed by atoms with Gasteiger partial charge in [0.1, 0.15) is 5.82 Å². The van der Waals surface area contributed by atoms with Gasteiger partial charge in [0.05, 0.1) is 16.8 Å². The molecule has 0 radical (unpaired) electrons. The van der Waals surface area contributed by atoms with Crippen molar-refractivity contribution in [3.05, 3.63) is 40.9 Å². The van der Waals surface area contributed by atoms with Crippen molar-refractivity contribution < 1.29 is 0 Å². The van der Waals surface area contributed by atoms with Crippen molar-refractivity contribution in [3.63, 3.8) is 0 Å². The molecule has 0 bridgehead atoms. The number of rotatable bonds is 7. The van der Waals surface area contributed by atoms with Crippen LogP contribution in [0, 0.1) is 6.92 Å². The topological polar surface area (TPSA) is 56.5 Å². The fraction of sp³-hybridized carbons (Fsp3) is 0.375. The molecule has 23 heavy (non-hydrogen) atoms. The van der Waals surface area contributed by atoms with Gasteiger partial charge in [-0.3, -0.25) is 0 Å². The lowest BCUT2D eigenvalue weighted by Crippen LogP contribution is -2.03. The molecular weight excluding hydrogens is 326 g/mol. The predicted octanol–water partition coefficient (Wildman–Crippen LogP) is 3.85. The summed E-state index contributed by atoms with van der Waals surface area (Å²) in [6.07, 6.45) is 9.64. The molecule has 3 aromatic rings. The maximum Gasteiger partial charge on any atom is 0.187 e. The lowest BCUT2D eigenvalue weighted by Gasteiger charge is -2.07. The average Bonchev–Trinajstić information content (AvgIpc) is 3.20. The summed E-state index contributed by atoms with van der Waals surface area (Å²) in [5.74, 6) is 1.96. The monoisotopic (exact) mass is 345 g/mol. The van der Waals surface area contributed by atoms with Gasteiger partial charge in [0.25, 0.3) is 0 Å². The van der Waals surface area contributed by atoms with Crippen LogP contribution in [-0.4, -0.2) is 30.3 Å². The van der Waals surface area contributed by atoms with Gasteiger partial charge in [-0.2, -0.15) is 0 Å². The number of hydrogen-bond acceptors (Lipinski definition) is 6. The van der Waals surface area contributed by atoms with Crippen LogP contribution in [0.4, 0.5) is 0 Å². The Morgan fingerprint density at radius 1 is 1.17 bits per heavy atom. The van der Waals surface area contributed by atoms with Gasteiger partial charge in [-0.1, -0.05) is 18.7 Å². The average molecular weight is 345 g/mol. The first kappa shape index (κ1) is 16.1. The van der Waals surface area contributed by atoms with Crippen LogP contribution in [0.15, 0.2) is 35.5 Å². The first-order valence-corrected chi connectivity index (χ1v) is 9.49. The van der Waals surface area contributed by atoms with Gasteiger partial charge in [0.2, 0.25) is 0 Å². The molecule has 3 aromatic heterocycles. The lowest BCUT2D eigenvalue weighted by molar-refractivity contribution is 0.705. The van der Waals surface area contributed by atoms with Crippen LogP contribution in [0.5, 0.6) is 0 Å². The highest BCUT2D eigenvalue weighted by molar-refractivity contribution is 7.99. The van der Waals surface area contributed by atoms with E-state index in [-0.39, 0.29) is 0 Å². The summed E-state index contributed by atoms with van der Waals surface area (Å²) in [7, 11) is 0. The molecule has 0 N–H and O–H groups in total. The smallest absolute Gasteiger partial charge is 0.187 e. The maximum atomic E-state index is 4.46. The molecule has 0 aliphatic carbocycles. The normalized spacial score (nSPS) is 11.0. The van der Waals surface area contributed by atoms with Gasteiger partial charge in [-0.25, -0.2) is 19.9 Å². The number of hydrogen-bond donors (Lipinski definition) is 0. The van der Waals surface area contributed by atoms with E-state index in [0.29, 0.717) is 0 Å². The first-order valence-electron chi connectivity index (χ1n) is 7.63. The molecule has 120 valence electrons. The second-order valence-corrected chi connectivity index (χ2v) is 7.16. The fourth-order valence-corrected chi connectivity index (χ4v) is 3.65. The minimum absolute atomic E-state index is 0.828. The Hall–Kier alpha value is -1.73. The van der Waals surface area contributed by atoms with Crippen LogP contribution in [0.3, 0.4) is 0 Å². The number of aryl methyl sites for hydroxylation is 3. The van der Waals surface area contributed by atoms with E-state index in [1.54, 1.807) is 23.1 Å². The van der Waals surface area contributed by atoms with Crippen molar-refractivity contribution >= 4 is 23.1 Å². The molecule has 7 heteroatoms. The third-order valence-corrected chi connectivity index (χ3v) is 5.54. The third kappa shape index (κ3) is 3.97. The summed E-state index contributed by atoms with van der Waals surface area (Å²) in [6.45, 7) is 5.09. The van der Waals surface area contributed by atoms with Crippen LogP contribution in [0.25, 0.3) is 11.4 Å². The molecule has 0 aromatic carbocycles. The van der Waals surface area contributed by atoms with Crippen molar-refractivity contribution in [1.29, 1.82) is 0 Å². The SMILES string of the molecule is CCCSc1ncc(-c2nccn2CCc2scnc2C)cn1. The molecule has 5 nitrogen and oxygen atoms in total. The molecule has 0 unspecified atom stereocenters. The molecule has 3 rings (SSSR count). The molecule has 0 spiro atoms. The Morgan fingerprint density at radius 2 is 2.00 bits per heavy atom. The molecule has 0 amide bonds. The Labute approximate surface area is 144 Å². The molecule has 0 fully saturated rings. The second-order valence-electron chi connectivity index (χ2n) is 5.16. The zero-order valence-electron chi connectivity index (χ0n) is 13.3. The third-order valence-electron chi connectivity index (χ3n) is 3.46.